The molecule has 0 aliphatic carbocycles. The van der Waals surface area contributed by atoms with Crippen LogP contribution < -0.4 is 11.1 Å². The highest BCUT2D eigenvalue weighted by atomic mass is 32.1. The van der Waals surface area contributed by atoms with Crippen LogP contribution in [-0.2, 0) is 34.4 Å². The van der Waals surface area contributed by atoms with Gasteiger partial charge in [-0.05, 0) is 36.1 Å². The minimum absolute atomic E-state index is 0.0624. The van der Waals surface area contributed by atoms with Gasteiger partial charge in [-0.3, -0.25) is 27.9 Å². The van der Waals surface area contributed by atoms with E-state index in [0.717, 1.165) is 36.5 Å². The summed E-state index contributed by atoms with van der Waals surface area (Å²) in [5, 5.41) is 21.6. The normalized spacial score (nSPS) is 11.9. The topological polar surface area (TPSA) is 94.3 Å². The summed E-state index contributed by atoms with van der Waals surface area (Å²) in [5.41, 5.74) is -3.74. The van der Waals surface area contributed by atoms with E-state index in [1.54, 1.807) is 0 Å². The Morgan fingerprint density at radius 1 is 0.818 bits per heavy atom. The summed E-state index contributed by atoms with van der Waals surface area (Å²) >= 11 is 10.2. The van der Waals surface area contributed by atoms with Crippen molar-refractivity contribution < 1.29 is 23.4 Å². The number of hydrogen-bond acceptors (Lipinski definition) is 6. The van der Waals surface area contributed by atoms with Crippen LogP contribution in [0, 0.1) is 9.54 Å². The molecule has 3 rings (SSSR count). The molecule has 3 aromatic rings. The van der Waals surface area contributed by atoms with Crippen molar-refractivity contribution in [2.45, 2.75) is 12.1 Å². The summed E-state index contributed by atoms with van der Waals surface area (Å²) in [6, 6.07) is 3.96. The van der Waals surface area contributed by atoms with Crippen molar-refractivity contribution in [1.29, 1.82) is 0 Å². The lowest BCUT2D eigenvalue weighted by Crippen LogP contribution is -2.33. The molecule has 0 saturated heterocycles. The molecule has 33 heavy (non-hydrogen) atoms. The van der Waals surface area contributed by atoms with Crippen LogP contribution in [0.1, 0.15) is 28.2 Å². The van der Waals surface area contributed by atoms with Crippen LogP contribution in [-0.4, -0.2) is 28.5 Å². The minimum Gasteiger partial charge on any atom is -0.494 e. The standard InChI is InChI=1S/C20H19F3N4O4S2/c1-24-14(28)12(15(29)25(2)18(24)32)11(9-6-5-7-10(8-9)20(21,22)23)13-16(30)26(3)19(33)27(4)17(13)31/h5-8,11,28,30H,1-4H3. The maximum absolute atomic E-state index is 13.4. The molecule has 1 aromatic carbocycles. The number of aromatic nitrogens is 4. The van der Waals surface area contributed by atoms with Gasteiger partial charge in [0.2, 0.25) is 11.8 Å². The van der Waals surface area contributed by atoms with Crippen molar-refractivity contribution in [3.8, 4) is 11.8 Å². The number of rotatable bonds is 3. The van der Waals surface area contributed by atoms with Crippen LogP contribution in [0.25, 0.3) is 0 Å². The highest BCUT2D eigenvalue weighted by Crippen LogP contribution is 2.39. The molecule has 0 fully saturated rings. The number of hydrogen-bond donors (Lipinski definition) is 2. The first-order valence-corrected chi connectivity index (χ1v) is 10.2. The third-order valence-corrected chi connectivity index (χ3v) is 6.56. The monoisotopic (exact) mass is 500 g/mol. The molecule has 2 heterocycles. The smallest absolute Gasteiger partial charge is 0.416 e. The molecule has 2 aromatic heterocycles. The molecule has 2 N–H and O–H groups in total. The van der Waals surface area contributed by atoms with Gasteiger partial charge in [0.15, 0.2) is 9.54 Å². The van der Waals surface area contributed by atoms with Gasteiger partial charge in [-0.1, -0.05) is 18.2 Å². The Balaban J connectivity index is 2.59. The molecular weight excluding hydrogens is 481 g/mol. The Labute approximate surface area is 195 Å². The van der Waals surface area contributed by atoms with Crippen molar-refractivity contribution in [3.05, 3.63) is 76.8 Å². The van der Waals surface area contributed by atoms with Gasteiger partial charge in [-0.25, -0.2) is 0 Å². The molecule has 0 bridgehead atoms. The number of aromatic hydroxyl groups is 2. The van der Waals surface area contributed by atoms with E-state index in [9.17, 15) is 33.0 Å². The van der Waals surface area contributed by atoms with Crippen LogP contribution >= 0.6 is 24.4 Å². The zero-order valence-corrected chi connectivity index (χ0v) is 19.5. The van der Waals surface area contributed by atoms with Gasteiger partial charge in [0.05, 0.1) is 22.6 Å². The van der Waals surface area contributed by atoms with E-state index in [4.69, 9.17) is 24.4 Å². The summed E-state index contributed by atoms with van der Waals surface area (Å²) in [7, 11) is 5.35. The predicted octanol–water partition coefficient (Wildman–Crippen LogP) is 2.83. The van der Waals surface area contributed by atoms with E-state index in [-0.39, 0.29) is 15.1 Å². The molecule has 8 nitrogen and oxygen atoms in total. The quantitative estimate of drug-likeness (QED) is 0.538. The molecule has 0 unspecified atom stereocenters. The molecule has 0 saturated carbocycles. The number of alkyl halides is 3. The summed E-state index contributed by atoms with van der Waals surface area (Å²) in [6.07, 6.45) is -4.72. The first-order valence-electron chi connectivity index (χ1n) is 9.35. The van der Waals surface area contributed by atoms with Crippen LogP contribution in [0.3, 0.4) is 0 Å². The fraction of sp³-hybridized carbons (Fsp3) is 0.300. The number of halogens is 3. The van der Waals surface area contributed by atoms with Gasteiger partial charge in [-0.15, -0.1) is 0 Å². The maximum atomic E-state index is 13.4. The lowest BCUT2D eigenvalue weighted by molar-refractivity contribution is -0.137. The second-order valence-corrected chi connectivity index (χ2v) is 8.17. The van der Waals surface area contributed by atoms with Crippen LogP contribution in [0.2, 0.25) is 0 Å². The Morgan fingerprint density at radius 2 is 1.24 bits per heavy atom. The van der Waals surface area contributed by atoms with E-state index < -0.39 is 51.7 Å². The molecule has 176 valence electrons. The summed E-state index contributed by atoms with van der Waals surface area (Å²) in [4.78, 5) is 26.3. The van der Waals surface area contributed by atoms with Crippen molar-refractivity contribution in [1.82, 2.24) is 18.3 Å². The van der Waals surface area contributed by atoms with Crippen LogP contribution in [0.15, 0.2) is 33.9 Å². The van der Waals surface area contributed by atoms with E-state index in [2.05, 4.69) is 0 Å². The molecule has 0 aliphatic rings. The minimum atomic E-state index is -4.72. The van der Waals surface area contributed by atoms with Gasteiger partial charge in [0, 0.05) is 28.2 Å². The van der Waals surface area contributed by atoms with Crippen molar-refractivity contribution in [2.24, 2.45) is 28.2 Å². The van der Waals surface area contributed by atoms with Gasteiger partial charge in [0.25, 0.3) is 11.1 Å². The third-order valence-electron chi connectivity index (χ3n) is 5.46. The van der Waals surface area contributed by atoms with Gasteiger partial charge in [0.1, 0.15) is 0 Å². The Hall–Kier alpha value is -3.19. The van der Waals surface area contributed by atoms with Crippen LogP contribution in [0.4, 0.5) is 13.2 Å². The largest absolute Gasteiger partial charge is 0.494 e. The first-order chi connectivity index (χ1) is 15.2. The SMILES string of the molecule is Cn1c(O)c(C(c2cccc(C(F)(F)F)c2)c2c(O)n(C)c(=S)n(C)c2=O)c(=O)n(C)c1=S. The molecular formula is C20H19F3N4O4S2. The third kappa shape index (κ3) is 3.91. The zero-order valence-electron chi connectivity index (χ0n) is 17.8. The Morgan fingerprint density at radius 3 is 1.64 bits per heavy atom. The summed E-state index contributed by atoms with van der Waals surface area (Å²) in [5.74, 6) is -2.89. The molecule has 13 heteroatoms. The average Bonchev–Trinajstić information content (AvgIpc) is 2.77. The summed E-state index contributed by atoms with van der Waals surface area (Å²) < 4.78 is 44.4. The van der Waals surface area contributed by atoms with E-state index >= 15 is 0 Å². The van der Waals surface area contributed by atoms with E-state index in [1.165, 1.54) is 34.3 Å². The highest BCUT2D eigenvalue weighted by molar-refractivity contribution is 7.71. The molecule has 0 amide bonds. The fourth-order valence-corrected chi connectivity index (χ4v) is 3.94. The van der Waals surface area contributed by atoms with Crippen molar-refractivity contribution in [3.63, 3.8) is 0 Å². The maximum Gasteiger partial charge on any atom is 0.416 e. The lowest BCUT2D eigenvalue weighted by atomic mass is 9.86. The predicted molar refractivity (Wildman–Crippen MR) is 119 cm³/mol. The highest BCUT2D eigenvalue weighted by Gasteiger charge is 2.35. The van der Waals surface area contributed by atoms with E-state index in [0.29, 0.717) is 0 Å². The number of nitrogens with zero attached hydrogens (tertiary/aromatic N) is 4. The average molecular weight is 501 g/mol. The fourth-order valence-electron chi connectivity index (χ4n) is 3.60. The zero-order chi connectivity index (χ0) is 25.0. The molecule has 0 radical (unpaired) electrons. The van der Waals surface area contributed by atoms with E-state index in [1.807, 2.05) is 0 Å². The van der Waals surface area contributed by atoms with Crippen LogP contribution in [0.5, 0.6) is 11.8 Å². The molecule has 0 spiro atoms. The lowest BCUT2D eigenvalue weighted by Gasteiger charge is -2.23. The van der Waals surface area contributed by atoms with Gasteiger partial charge < -0.3 is 10.2 Å². The Bertz CT molecular complexity index is 1430. The Kier molecular flexibility index (Phi) is 6.15. The first kappa shape index (κ1) is 24.5. The van der Waals surface area contributed by atoms with Crippen molar-refractivity contribution in [2.75, 3.05) is 0 Å². The van der Waals surface area contributed by atoms with Crippen molar-refractivity contribution >= 4 is 24.4 Å². The van der Waals surface area contributed by atoms with Gasteiger partial charge >= 0.3 is 6.18 Å². The second-order valence-electron chi connectivity index (χ2n) is 7.44. The molecule has 0 aliphatic heterocycles. The van der Waals surface area contributed by atoms with Gasteiger partial charge in [-0.2, -0.15) is 13.2 Å². The number of benzene rings is 1. The molecule has 0 atom stereocenters. The second kappa shape index (κ2) is 8.30. The summed E-state index contributed by atoms with van der Waals surface area (Å²) in [6.45, 7) is 0.